The molecule has 17 heavy (non-hydrogen) atoms. The summed E-state index contributed by atoms with van der Waals surface area (Å²) < 4.78 is 1.02. The topological polar surface area (TPSA) is 43.1 Å². The van der Waals surface area contributed by atoms with Crippen molar-refractivity contribution in [3.8, 4) is 0 Å². The number of halogens is 1. The van der Waals surface area contributed by atoms with Gasteiger partial charge in [0.2, 0.25) is 0 Å². The second-order valence-corrected chi connectivity index (χ2v) is 5.53. The molecule has 3 nitrogen and oxygen atoms in total. The van der Waals surface area contributed by atoms with Gasteiger partial charge in [0, 0.05) is 6.07 Å². The van der Waals surface area contributed by atoms with Crippen molar-refractivity contribution in [3.63, 3.8) is 0 Å². The van der Waals surface area contributed by atoms with E-state index in [1.165, 1.54) is 6.07 Å². The second-order valence-electron chi connectivity index (χ2n) is 3.30. The van der Waals surface area contributed by atoms with E-state index >= 15 is 0 Å². The fourth-order valence-corrected chi connectivity index (χ4v) is 2.59. The molecule has 0 aliphatic rings. The minimum atomic E-state index is -0.373. The zero-order valence-electron chi connectivity index (χ0n) is 8.67. The number of benzene rings is 1. The molecule has 0 atom stereocenters. The molecule has 86 valence electrons. The van der Waals surface area contributed by atoms with Crippen molar-refractivity contribution in [3.05, 3.63) is 60.7 Å². The molecule has 0 aliphatic heterocycles. The van der Waals surface area contributed by atoms with Crippen LogP contribution in [0.2, 0.25) is 0 Å². The van der Waals surface area contributed by atoms with Gasteiger partial charge in [0.1, 0.15) is 0 Å². The Morgan fingerprint density at radius 1 is 1.18 bits per heavy atom. The summed E-state index contributed by atoms with van der Waals surface area (Å²) in [4.78, 5) is 10.4. The zero-order valence-corrected chi connectivity index (χ0v) is 11.1. The standard InChI is InChI=1S/C12H8BrNO2S/c13-12-10(7-8-17-12)6-5-9-3-1-2-4-11(9)14(15)16/h1-8H/b6-5+. The van der Waals surface area contributed by atoms with E-state index in [1.807, 2.05) is 17.5 Å². The summed E-state index contributed by atoms with van der Waals surface area (Å²) in [6.07, 6.45) is 3.62. The van der Waals surface area contributed by atoms with Gasteiger partial charge in [-0.25, -0.2) is 0 Å². The monoisotopic (exact) mass is 309 g/mol. The lowest BCUT2D eigenvalue weighted by molar-refractivity contribution is -0.385. The molecular formula is C12H8BrNO2S. The fraction of sp³-hybridized carbons (Fsp3) is 0. The molecule has 0 saturated heterocycles. The fourth-order valence-electron chi connectivity index (χ4n) is 1.40. The van der Waals surface area contributed by atoms with E-state index < -0.39 is 0 Å². The lowest BCUT2D eigenvalue weighted by Crippen LogP contribution is -1.90. The first kappa shape index (κ1) is 12.0. The number of nitro benzene ring substituents is 1. The quantitative estimate of drug-likeness (QED) is 0.615. The third-order valence-corrected chi connectivity index (χ3v) is 3.96. The number of nitro groups is 1. The van der Waals surface area contributed by atoms with Gasteiger partial charge in [-0.3, -0.25) is 10.1 Å². The highest BCUT2D eigenvalue weighted by atomic mass is 79.9. The molecule has 5 heteroatoms. The van der Waals surface area contributed by atoms with Crippen LogP contribution >= 0.6 is 27.3 Å². The second kappa shape index (κ2) is 5.25. The molecule has 2 rings (SSSR count). The number of nitrogens with zero attached hydrogens (tertiary/aromatic N) is 1. The third-order valence-electron chi connectivity index (χ3n) is 2.22. The van der Waals surface area contributed by atoms with Gasteiger partial charge in [-0.1, -0.05) is 18.2 Å². The van der Waals surface area contributed by atoms with Crippen molar-refractivity contribution < 1.29 is 4.92 Å². The van der Waals surface area contributed by atoms with Gasteiger partial charge in [-0.2, -0.15) is 0 Å². The van der Waals surface area contributed by atoms with Crippen LogP contribution in [0.5, 0.6) is 0 Å². The average Bonchev–Trinajstić information content (AvgIpc) is 2.72. The normalized spacial score (nSPS) is 10.9. The maximum Gasteiger partial charge on any atom is 0.276 e. The van der Waals surface area contributed by atoms with Crippen molar-refractivity contribution in [2.45, 2.75) is 0 Å². The Hall–Kier alpha value is -1.46. The zero-order chi connectivity index (χ0) is 12.3. The van der Waals surface area contributed by atoms with Crippen LogP contribution in [-0.4, -0.2) is 4.92 Å². The molecule has 0 bridgehead atoms. The smallest absolute Gasteiger partial charge is 0.258 e. The number of thiophene rings is 1. The van der Waals surface area contributed by atoms with E-state index in [2.05, 4.69) is 15.9 Å². The number of rotatable bonds is 3. The highest BCUT2D eigenvalue weighted by Gasteiger charge is 2.09. The lowest BCUT2D eigenvalue weighted by atomic mass is 10.1. The molecule has 1 heterocycles. The SMILES string of the molecule is O=[N+]([O-])c1ccccc1/C=C/c1ccsc1Br. The maximum atomic E-state index is 10.8. The number of para-hydroxylation sites is 1. The van der Waals surface area contributed by atoms with Gasteiger partial charge in [0.25, 0.3) is 5.69 Å². The van der Waals surface area contributed by atoms with Gasteiger partial charge in [0.15, 0.2) is 0 Å². The van der Waals surface area contributed by atoms with Crippen LogP contribution in [0.3, 0.4) is 0 Å². The molecule has 0 fully saturated rings. The summed E-state index contributed by atoms with van der Waals surface area (Å²) in [6.45, 7) is 0. The predicted molar refractivity (Wildman–Crippen MR) is 74.0 cm³/mol. The van der Waals surface area contributed by atoms with E-state index in [0.717, 1.165) is 9.35 Å². The van der Waals surface area contributed by atoms with Crippen LogP contribution in [-0.2, 0) is 0 Å². The van der Waals surface area contributed by atoms with Crippen LogP contribution in [0.15, 0.2) is 39.5 Å². The van der Waals surface area contributed by atoms with Crippen LogP contribution < -0.4 is 0 Å². The highest BCUT2D eigenvalue weighted by molar-refractivity contribution is 9.11. The van der Waals surface area contributed by atoms with Crippen molar-refractivity contribution >= 4 is 45.1 Å². The third kappa shape index (κ3) is 2.81. The van der Waals surface area contributed by atoms with Crippen molar-refractivity contribution in [2.24, 2.45) is 0 Å². The van der Waals surface area contributed by atoms with Crippen LogP contribution in [0.25, 0.3) is 12.2 Å². The molecule has 0 saturated carbocycles. The Labute approximate surface area is 111 Å². The summed E-state index contributed by atoms with van der Waals surface area (Å²) in [5.41, 5.74) is 1.75. The largest absolute Gasteiger partial charge is 0.276 e. The van der Waals surface area contributed by atoms with Gasteiger partial charge in [-0.15, -0.1) is 11.3 Å². The van der Waals surface area contributed by atoms with E-state index in [4.69, 9.17) is 0 Å². The van der Waals surface area contributed by atoms with E-state index in [-0.39, 0.29) is 10.6 Å². The van der Waals surface area contributed by atoms with Crippen molar-refractivity contribution in [1.82, 2.24) is 0 Å². The molecule has 2 aromatic rings. The molecular weight excluding hydrogens is 302 g/mol. The molecule has 0 unspecified atom stereocenters. The molecule has 0 N–H and O–H groups in total. The first-order valence-electron chi connectivity index (χ1n) is 4.83. The van der Waals surface area contributed by atoms with E-state index in [9.17, 15) is 10.1 Å². The Kier molecular flexibility index (Phi) is 3.71. The first-order chi connectivity index (χ1) is 8.18. The summed E-state index contributed by atoms with van der Waals surface area (Å²) >= 11 is 5.00. The number of hydrogen-bond donors (Lipinski definition) is 0. The maximum absolute atomic E-state index is 10.8. The Morgan fingerprint density at radius 3 is 2.53 bits per heavy atom. The molecule has 1 aromatic carbocycles. The van der Waals surface area contributed by atoms with Crippen LogP contribution in [0.4, 0.5) is 5.69 Å². The molecule has 0 radical (unpaired) electrons. The molecule has 0 spiro atoms. The van der Waals surface area contributed by atoms with Gasteiger partial charge in [0.05, 0.1) is 14.3 Å². The summed E-state index contributed by atoms with van der Waals surface area (Å²) in [5, 5.41) is 12.8. The average molecular weight is 310 g/mol. The minimum Gasteiger partial charge on any atom is -0.258 e. The predicted octanol–water partition coefficient (Wildman–Crippen LogP) is 4.59. The van der Waals surface area contributed by atoms with E-state index in [1.54, 1.807) is 35.6 Å². The van der Waals surface area contributed by atoms with Crippen LogP contribution in [0.1, 0.15) is 11.1 Å². The van der Waals surface area contributed by atoms with E-state index in [0.29, 0.717) is 5.56 Å². The Morgan fingerprint density at radius 2 is 1.88 bits per heavy atom. The minimum absolute atomic E-state index is 0.120. The van der Waals surface area contributed by atoms with Crippen molar-refractivity contribution in [2.75, 3.05) is 0 Å². The number of hydrogen-bond acceptors (Lipinski definition) is 3. The van der Waals surface area contributed by atoms with Gasteiger partial charge in [-0.05, 0) is 45.1 Å². The summed E-state index contributed by atoms with van der Waals surface area (Å²) in [7, 11) is 0. The Bertz CT molecular complexity index is 577. The van der Waals surface area contributed by atoms with Crippen molar-refractivity contribution in [1.29, 1.82) is 0 Å². The molecule has 1 aromatic heterocycles. The highest BCUT2D eigenvalue weighted by Crippen LogP contribution is 2.26. The lowest BCUT2D eigenvalue weighted by Gasteiger charge is -1.96. The summed E-state index contributed by atoms with van der Waals surface area (Å²) in [5.74, 6) is 0. The van der Waals surface area contributed by atoms with Crippen LogP contribution in [0, 0.1) is 10.1 Å². The first-order valence-corrected chi connectivity index (χ1v) is 6.50. The Balaban J connectivity index is 2.33. The molecule has 0 amide bonds. The van der Waals surface area contributed by atoms with Gasteiger partial charge >= 0.3 is 0 Å². The molecule has 0 aliphatic carbocycles. The van der Waals surface area contributed by atoms with Gasteiger partial charge < -0.3 is 0 Å². The summed E-state index contributed by atoms with van der Waals surface area (Å²) in [6, 6.07) is 8.64.